The molecule has 0 saturated carbocycles. The molecule has 0 unspecified atom stereocenters. The average Bonchev–Trinajstić information content (AvgIpc) is 3.14. The summed E-state index contributed by atoms with van der Waals surface area (Å²) in [4.78, 5) is 12.4. The number of aromatic nitrogens is 5. The van der Waals surface area contributed by atoms with Gasteiger partial charge in [0.2, 0.25) is 5.91 Å². The minimum absolute atomic E-state index is 0.118. The van der Waals surface area contributed by atoms with E-state index in [1.807, 2.05) is 56.7 Å². The maximum atomic E-state index is 12.4. The highest BCUT2D eigenvalue weighted by Crippen LogP contribution is 2.24. The van der Waals surface area contributed by atoms with E-state index in [1.54, 1.807) is 11.8 Å². The van der Waals surface area contributed by atoms with Crippen molar-refractivity contribution in [2.75, 3.05) is 18.2 Å². The number of anilines is 1. The number of carbonyl (C=O) groups is 1. The summed E-state index contributed by atoms with van der Waals surface area (Å²) >= 11 is 1.33. The van der Waals surface area contributed by atoms with Gasteiger partial charge in [0.05, 0.1) is 18.6 Å². The maximum absolute atomic E-state index is 12.4. The third-order valence-electron chi connectivity index (χ3n) is 4.24. The number of hydrogen-bond acceptors (Lipinski definition) is 6. The molecule has 0 aliphatic rings. The van der Waals surface area contributed by atoms with Crippen LogP contribution in [0, 0.1) is 20.8 Å². The van der Waals surface area contributed by atoms with E-state index in [1.165, 1.54) is 11.8 Å². The second kappa shape index (κ2) is 7.83. The smallest absolute Gasteiger partial charge is 0.236 e. The van der Waals surface area contributed by atoms with Crippen LogP contribution in [-0.2, 0) is 11.8 Å². The zero-order chi connectivity index (χ0) is 19.6. The highest BCUT2D eigenvalue weighted by Gasteiger charge is 2.16. The molecule has 1 amide bonds. The Hall–Kier alpha value is -2.81. The van der Waals surface area contributed by atoms with E-state index < -0.39 is 0 Å². The lowest BCUT2D eigenvalue weighted by atomic mass is 10.3. The van der Waals surface area contributed by atoms with Gasteiger partial charge in [-0.25, -0.2) is 0 Å². The summed E-state index contributed by atoms with van der Waals surface area (Å²) in [6.45, 7) is 5.73. The minimum atomic E-state index is -0.118. The molecule has 0 fully saturated rings. The van der Waals surface area contributed by atoms with Crippen molar-refractivity contribution in [2.24, 2.45) is 7.05 Å². The Morgan fingerprint density at radius 3 is 2.48 bits per heavy atom. The summed E-state index contributed by atoms with van der Waals surface area (Å²) in [5.41, 5.74) is 2.78. The van der Waals surface area contributed by atoms with Crippen molar-refractivity contribution >= 4 is 23.5 Å². The molecule has 9 heteroatoms. The first-order valence-electron chi connectivity index (χ1n) is 8.40. The standard InChI is InChI=1S/C18H22N6O2S/c1-11-12(2)22-23(4)17(11)19-16(25)10-27-18-21-20-13(3)24(18)14-6-8-15(26-5)9-7-14/h6-9H,10H2,1-5H3,(H,19,25). The Balaban J connectivity index is 1.72. The highest BCUT2D eigenvalue weighted by molar-refractivity contribution is 7.99. The first kappa shape index (κ1) is 19.0. The summed E-state index contributed by atoms with van der Waals surface area (Å²) in [5, 5.41) is 16.2. The Bertz CT molecular complexity index is 961. The molecule has 0 bridgehead atoms. The molecule has 1 N–H and O–H groups in total. The van der Waals surface area contributed by atoms with Gasteiger partial charge >= 0.3 is 0 Å². The normalized spacial score (nSPS) is 10.9. The van der Waals surface area contributed by atoms with E-state index >= 15 is 0 Å². The molecule has 142 valence electrons. The number of methoxy groups -OCH3 is 1. The first-order valence-corrected chi connectivity index (χ1v) is 9.38. The number of hydrogen-bond donors (Lipinski definition) is 1. The van der Waals surface area contributed by atoms with Crippen LogP contribution in [0.2, 0.25) is 0 Å². The number of rotatable bonds is 6. The number of nitrogens with one attached hydrogen (secondary N) is 1. The van der Waals surface area contributed by atoms with Crippen molar-refractivity contribution in [2.45, 2.75) is 25.9 Å². The van der Waals surface area contributed by atoms with Gasteiger partial charge in [-0.3, -0.25) is 14.0 Å². The van der Waals surface area contributed by atoms with Crippen molar-refractivity contribution in [3.05, 3.63) is 41.3 Å². The molecule has 2 aromatic heterocycles. The van der Waals surface area contributed by atoms with Gasteiger partial charge in [0.25, 0.3) is 0 Å². The largest absolute Gasteiger partial charge is 0.497 e. The molecule has 0 spiro atoms. The molecule has 3 rings (SSSR count). The van der Waals surface area contributed by atoms with E-state index in [0.717, 1.165) is 28.5 Å². The van der Waals surface area contributed by atoms with Crippen molar-refractivity contribution in [1.82, 2.24) is 24.5 Å². The van der Waals surface area contributed by atoms with Crippen LogP contribution in [-0.4, -0.2) is 43.3 Å². The Labute approximate surface area is 161 Å². The zero-order valence-electron chi connectivity index (χ0n) is 16.0. The van der Waals surface area contributed by atoms with Gasteiger partial charge < -0.3 is 10.1 Å². The van der Waals surface area contributed by atoms with Crippen LogP contribution < -0.4 is 10.1 Å². The van der Waals surface area contributed by atoms with Crippen LogP contribution in [0.25, 0.3) is 5.69 Å². The van der Waals surface area contributed by atoms with E-state index in [0.29, 0.717) is 11.0 Å². The third-order valence-corrected chi connectivity index (χ3v) is 5.17. The maximum Gasteiger partial charge on any atom is 0.236 e. The Morgan fingerprint density at radius 2 is 1.89 bits per heavy atom. The molecule has 2 heterocycles. The topological polar surface area (TPSA) is 86.9 Å². The van der Waals surface area contributed by atoms with Gasteiger partial charge in [-0.1, -0.05) is 11.8 Å². The number of benzene rings is 1. The fraction of sp³-hybridized carbons (Fsp3) is 0.333. The second-order valence-corrected chi connectivity index (χ2v) is 7.03. The van der Waals surface area contributed by atoms with Crippen LogP contribution in [0.15, 0.2) is 29.4 Å². The van der Waals surface area contributed by atoms with Crippen molar-refractivity contribution in [3.63, 3.8) is 0 Å². The first-order chi connectivity index (χ1) is 12.9. The molecule has 1 aromatic carbocycles. The molecule has 3 aromatic rings. The van der Waals surface area contributed by atoms with Crippen molar-refractivity contribution < 1.29 is 9.53 Å². The summed E-state index contributed by atoms with van der Waals surface area (Å²) in [5.74, 6) is 2.35. The highest BCUT2D eigenvalue weighted by atomic mass is 32.2. The zero-order valence-corrected chi connectivity index (χ0v) is 16.8. The van der Waals surface area contributed by atoms with Crippen LogP contribution in [0.4, 0.5) is 5.82 Å². The van der Waals surface area contributed by atoms with Crippen molar-refractivity contribution in [3.8, 4) is 11.4 Å². The summed E-state index contributed by atoms with van der Waals surface area (Å²) in [6.07, 6.45) is 0. The summed E-state index contributed by atoms with van der Waals surface area (Å²) in [6, 6.07) is 7.62. The van der Waals surface area contributed by atoms with Gasteiger partial charge in [0.15, 0.2) is 5.16 Å². The molecule has 0 radical (unpaired) electrons. The fourth-order valence-electron chi connectivity index (χ4n) is 2.70. The molecular weight excluding hydrogens is 364 g/mol. The molecule has 8 nitrogen and oxygen atoms in total. The summed E-state index contributed by atoms with van der Waals surface area (Å²) < 4.78 is 8.79. The monoisotopic (exact) mass is 386 g/mol. The second-order valence-electron chi connectivity index (χ2n) is 6.08. The number of nitrogens with zero attached hydrogens (tertiary/aromatic N) is 5. The predicted octanol–water partition coefficient (Wildman–Crippen LogP) is 2.67. The molecule has 0 saturated heterocycles. The number of ether oxygens (including phenoxy) is 1. The van der Waals surface area contributed by atoms with Crippen molar-refractivity contribution in [1.29, 1.82) is 0 Å². The minimum Gasteiger partial charge on any atom is -0.497 e. The van der Waals surface area contributed by atoms with Gasteiger partial charge in [0.1, 0.15) is 17.4 Å². The van der Waals surface area contributed by atoms with E-state index in [2.05, 4.69) is 20.6 Å². The lowest BCUT2D eigenvalue weighted by molar-refractivity contribution is -0.113. The van der Waals surface area contributed by atoms with Crippen LogP contribution in [0.5, 0.6) is 5.75 Å². The van der Waals surface area contributed by atoms with E-state index in [4.69, 9.17) is 4.74 Å². The number of thioether (sulfide) groups is 1. The molecular formula is C18H22N6O2S. The number of carbonyl (C=O) groups excluding carboxylic acids is 1. The predicted molar refractivity (Wildman–Crippen MR) is 105 cm³/mol. The summed E-state index contributed by atoms with van der Waals surface area (Å²) in [7, 11) is 3.44. The van der Waals surface area contributed by atoms with E-state index in [-0.39, 0.29) is 11.7 Å². The molecule has 0 aliphatic heterocycles. The van der Waals surface area contributed by atoms with Gasteiger partial charge in [-0.05, 0) is 45.0 Å². The van der Waals surface area contributed by atoms with Gasteiger partial charge in [0, 0.05) is 18.3 Å². The van der Waals surface area contributed by atoms with Gasteiger partial charge in [-0.15, -0.1) is 10.2 Å². The molecule has 27 heavy (non-hydrogen) atoms. The quantitative estimate of drug-likeness (QED) is 0.656. The van der Waals surface area contributed by atoms with Gasteiger partial charge in [-0.2, -0.15) is 5.10 Å². The molecule has 0 aliphatic carbocycles. The lowest BCUT2D eigenvalue weighted by Gasteiger charge is -2.10. The van der Waals surface area contributed by atoms with Crippen LogP contribution in [0.3, 0.4) is 0 Å². The fourth-order valence-corrected chi connectivity index (χ4v) is 3.50. The number of amides is 1. The molecule has 0 atom stereocenters. The number of aryl methyl sites for hydroxylation is 3. The lowest BCUT2D eigenvalue weighted by Crippen LogP contribution is -2.17. The SMILES string of the molecule is COc1ccc(-n2c(C)nnc2SCC(=O)Nc2c(C)c(C)nn2C)cc1. The van der Waals surface area contributed by atoms with Crippen LogP contribution in [0.1, 0.15) is 17.1 Å². The average molecular weight is 386 g/mol. The Kier molecular flexibility index (Phi) is 5.50. The van der Waals surface area contributed by atoms with Crippen LogP contribution >= 0.6 is 11.8 Å². The van der Waals surface area contributed by atoms with E-state index in [9.17, 15) is 4.79 Å². The Morgan fingerprint density at radius 1 is 1.19 bits per heavy atom. The third kappa shape index (κ3) is 3.97.